The molecular formula is C20H19BrN2OS2. The Morgan fingerprint density at radius 2 is 1.96 bits per heavy atom. The van der Waals surface area contributed by atoms with Crippen molar-refractivity contribution in [1.82, 2.24) is 9.97 Å². The summed E-state index contributed by atoms with van der Waals surface area (Å²) in [6.45, 7) is 2.08. The molecule has 6 heteroatoms. The first-order chi connectivity index (χ1) is 12.7. The molecule has 2 aromatic heterocycles. The number of rotatable bonds is 5. The number of ketones is 1. The molecule has 0 atom stereocenters. The van der Waals surface area contributed by atoms with Crippen LogP contribution in [-0.4, -0.2) is 21.5 Å². The average molecular weight is 447 g/mol. The maximum absolute atomic E-state index is 12.6. The molecule has 1 aliphatic rings. The molecule has 0 fully saturated rings. The summed E-state index contributed by atoms with van der Waals surface area (Å²) >= 11 is 6.79. The Morgan fingerprint density at radius 1 is 1.19 bits per heavy atom. The summed E-state index contributed by atoms with van der Waals surface area (Å²) in [6.07, 6.45) is 5.57. The minimum atomic E-state index is 0.136. The van der Waals surface area contributed by atoms with Crippen LogP contribution in [0.15, 0.2) is 33.8 Å². The smallest absolute Gasteiger partial charge is 0.173 e. The van der Waals surface area contributed by atoms with E-state index in [1.54, 1.807) is 11.8 Å². The molecule has 0 bridgehead atoms. The summed E-state index contributed by atoms with van der Waals surface area (Å²) in [6, 6.07) is 7.55. The summed E-state index contributed by atoms with van der Waals surface area (Å²) < 4.78 is 0.983. The van der Waals surface area contributed by atoms with Gasteiger partial charge in [0.15, 0.2) is 5.78 Å². The van der Waals surface area contributed by atoms with Gasteiger partial charge >= 0.3 is 0 Å². The number of thiophene rings is 1. The third-order valence-electron chi connectivity index (χ3n) is 4.65. The van der Waals surface area contributed by atoms with Crippen molar-refractivity contribution in [3.8, 4) is 0 Å². The molecule has 0 saturated heterocycles. The van der Waals surface area contributed by atoms with Crippen LogP contribution in [0.4, 0.5) is 0 Å². The highest BCUT2D eigenvalue weighted by Gasteiger charge is 2.21. The number of fused-ring (bicyclic) bond motifs is 3. The number of hydrogen-bond donors (Lipinski definition) is 0. The second-order valence-corrected chi connectivity index (χ2v) is 9.37. The highest BCUT2D eigenvalue weighted by molar-refractivity contribution is 9.10. The van der Waals surface area contributed by atoms with Gasteiger partial charge in [-0.2, -0.15) is 0 Å². The Hall–Kier alpha value is -1.24. The van der Waals surface area contributed by atoms with Gasteiger partial charge in [0, 0.05) is 26.7 Å². The second kappa shape index (κ2) is 7.79. The zero-order chi connectivity index (χ0) is 18.1. The van der Waals surface area contributed by atoms with E-state index in [-0.39, 0.29) is 5.78 Å². The fraction of sp³-hybridized carbons (Fsp3) is 0.350. The van der Waals surface area contributed by atoms with Crippen LogP contribution in [0.25, 0.3) is 10.2 Å². The molecule has 0 amide bonds. The van der Waals surface area contributed by atoms with Crippen LogP contribution in [0.1, 0.15) is 46.4 Å². The number of carbonyl (C=O) groups is 1. The van der Waals surface area contributed by atoms with Gasteiger partial charge in [0.1, 0.15) is 15.7 Å². The predicted octanol–water partition coefficient (Wildman–Crippen LogP) is 5.87. The first-order valence-electron chi connectivity index (χ1n) is 8.88. The SMILES string of the molecule is CCc1nc(SCC(=O)c2ccc(Br)cc2)c2c3c(sc2n1)CCCC3. The van der Waals surface area contributed by atoms with Crippen molar-refractivity contribution in [2.24, 2.45) is 0 Å². The van der Waals surface area contributed by atoms with Gasteiger partial charge in [0.2, 0.25) is 0 Å². The monoisotopic (exact) mass is 446 g/mol. The lowest BCUT2D eigenvalue weighted by Gasteiger charge is -2.12. The van der Waals surface area contributed by atoms with Crippen LogP contribution in [0.5, 0.6) is 0 Å². The maximum Gasteiger partial charge on any atom is 0.173 e. The summed E-state index contributed by atoms with van der Waals surface area (Å²) in [5, 5.41) is 2.19. The van der Waals surface area contributed by atoms with E-state index in [1.807, 2.05) is 35.6 Å². The van der Waals surface area contributed by atoms with Gasteiger partial charge in [-0.05, 0) is 43.4 Å². The first kappa shape index (κ1) is 18.1. The lowest BCUT2D eigenvalue weighted by molar-refractivity contribution is 0.102. The van der Waals surface area contributed by atoms with E-state index in [1.165, 1.54) is 28.7 Å². The van der Waals surface area contributed by atoms with Crippen LogP contribution in [0, 0.1) is 0 Å². The summed E-state index contributed by atoms with van der Waals surface area (Å²) in [5.74, 6) is 1.41. The number of carbonyl (C=O) groups excluding carboxylic acids is 1. The van der Waals surface area contributed by atoms with Crippen molar-refractivity contribution in [3.63, 3.8) is 0 Å². The number of aryl methyl sites for hydroxylation is 3. The highest BCUT2D eigenvalue weighted by Crippen LogP contribution is 2.39. The van der Waals surface area contributed by atoms with Crippen LogP contribution in [-0.2, 0) is 19.3 Å². The molecule has 1 aromatic carbocycles. The van der Waals surface area contributed by atoms with E-state index in [0.717, 1.165) is 45.0 Å². The van der Waals surface area contributed by atoms with Crippen molar-refractivity contribution in [2.75, 3.05) is 5.75 Å². The standard InChI is InChI=1S/C20H19BrN2OS2/c1-2-17-22-19(25-11-15(24)12-7-9-13(21)10-8-12)18-14-5-3-4-6-16(14)26-20(18)23-17/h7-10H,2-6,11H2,1H3. The molecule has 0 aliphatic heterocycles. The second-order valence-electron chi connectivity index (χ2n) is 6.41. The predicted molar refractivity (Wildman–Crippen MR) is 113 cm³/mol. The molecular weight excluding hydrogens is 428 g/mol. The molecule has 1 aliphatic carbocycles. The Balaban J connectivity index is 1.65. The molecule has 0 spiro atoms. The lowest BCUT2D eigenvalue weighted by atomic mass is 9.97. The van der Waals surface area contributed by atoms with Gasteiger partial charge in [0.05, 0.1) is 5.75 Å². The van der Waals surface area contributed by atoms with E-state index in [2.05, 4.69) is 22.9 Å². The van der Waals surface area contributed by atoms with Crippen molar-refractivity contribution in [1.29, 1.82) is 0 Å². The Labute approximate surface area is 169 Å². The Bertz CT molecular complexity index is 966. The van der Waals surface area contributed by atoms with Gasteiger partial charge in [-0.15, -0.1) is 11.3 Å². The van der Waals surface area contributed by atoms with E-state index in [9.17, 15) is 4.79 Å². The average Bonchev–Trinajstić information content (AvgIpc) is 3.04. The van der Waals surface area contributed by atoms with Crippen molar-refractivity contribution < 1.29 is 4.79 Å². The van der Waals surface area contributed by atoms with Crippen LogP contribution >= 0.6 is 39.0 Å². The van der Waals surface area contributed by atoms with Gasteiger partial charge < -0.3 is 0 Å². The minimum absolute atomic E-state index is 0.136. The zero-order valence-electron chi connectivity index (χ0n) is 14.5. The number of aromatic nitrogens is 2. The largest absolute Gasteiger partial charge is 0.293 e. The number of nitrogens with zero attached hydrogens (tertiary/aromatic N) is 2. The number of thioether (sulfide) groups is 1. The number of halogens is 1. The van der Waals surface area contributed by atoms with E-state index >= 15 is 0 Å². The molecule has 3 nitrogen and oxygen atoms in total. The third kappa shape index (κ3) is 3.59. The fourth-order valence-electron chi connectivity index (χ4n) is 3.28. The number of Topliss-reactive ketones (excluding diaryl/α,β-unsaturated/α-hetero) is 1. The molecule has 0 saturated carbocycles. The van der Waals surface area contributed by atoms with Gasteiger partial charge in [-0.3, -0.25) is 4.79 Å². The Kier molecular flexibility index (Phi) is 5.43. The highest BCUT2D eigenvalue weighted by atomic mass is 79.9. The molecule has 26 heavy (non-hydrogen) atoms. The molecule has 0 radical (unpaired) electrons. The zero-order valence-corrected chi connectivity index (χ0v) is 17.8. The molecule has 134 valence electrons. The van der Waals surface area contributed by atoms with Crippen LogP contribution in [0.3, 0.4) is 0 Å². The van der Waals surface area contributed by atoms with E-state index < -0.39 is 0 Å². The van der Waals surface area contributed by atoms with Crippen molar-refractivity contribution in [2.45, 2.75) is 44.1 Å². The lowest BCUT2D eigenvalue weighted by Crippen LogP contribution is -2.04. The first-order valence-corrected chi connectivity index (χ1v) is 11.5. The molecule has 4 rings (SSSR count). The van der Waals surface area contributed by atoms with E-state index in [0.29, 0.717) is 5.75 Å². The summed E-state index contributed by atoms with van der Waals surface area (Å²) in [7, 11) is 0. The van der Waals surface area contributed by atoms with Gasteiger partial charge in [-0.1, -0.05) is 46.7 Å². The minimum Gasteiger partial charge on any atom is -0.293 e. The summed E-state index contributed by atoms with van der Waals surface area (Å²) in [4.78, 5) is 24.7. The van der Waals surface area contributed by atoms with Gasteiger partial charge in [0.25, 0.3) is 0 Å². The van der Waals surface area contributed by atoms with E-state index in [4.69, 9.17) is 9.97 Å². The molecule has 3 aromatic rings. The van der Waals surface area contributed by atoms with Crippen molar-refractivity contribution in [3.05, 3.63) is 50.6 Å². The number of benzene rings is 1. The fourth-order valence-corrected chi connectivity index (χ4v) is 5.86. The molecule has 2 heterocycles. The Morgan fingerprint density at radius 3 is 2.73 bits per heavy atom. The topological polar surface area (TPSA) is 42.9 Å². The quantitative estimate of drug-likeness (QED) is 0.279. The summed E-state index contributed by atoms with van der Waals surface area (Å²) in [5.41, 5.74) is 2.17. The maximum atomic E-state index is 12.6. The normalized spacial score (nSPS) is 13.8. The number of hydrogen-bond acceptors (Lipinski definition) is 5. The van der Waals surface area contributed by atoms with Crippen LogP contribution in [0.2, 0.25) is 0 Å². The third-order valence-corrected chi connectivity index (χ3v) is 7.34. The van der Waals surface area contributed by atoms with Crippen molar-refractivity contribution >= 4 is 55.0 Å². The van der Waals surface area contributed by atoms with Gasteiger partial charge in [-0.25, -0.2) is 9.97 Å². The van der Waals surface area contributed by atoms with Crippen LogP contribution < -0.4 is 0 Å². The molecule has 0 N–H and O–H groups in total. The molecule has 0 unspecified atom stereocenters.